The second-order valence-corrected chi connectivity index (χ2v) is 4.78. The maximum absolute atomic E-state index is 11.9. The number of nitrogens with one attached hydrogen (secondary N) is 1. The molecule has 6 nitrogen and oxygen atoms in total. The van der Waals surface area contributed by atoms with Gasteiger partial charge in [-0.15, -0.1) is 0 Å². The summed E-state index contributed by atoms with van der Waals surface area (Å²) < 4.78 is 10.3. The van der Waals surface area contributed by atoms with Crippen LogP contribution in [-0.2, 0) is 4.79 Å². The van der Waals surface area contributed by atoms with Crippen LogP contribution in [0.5, 0.6) is 17.2 Å². The second-order valence-electron chi connectivity index (χ2n) is 4.78. The number of carbonyl (C=O) groups is 2. The van der Waals surface area contributed by atoms with Crippen molar-refractivity contribution in [2.24, 2.45) is 0 Å². The number of rotatable bonds is 5. The zero-order chi connectivity index (χ0) is 17.5. The Morgan fingerprint density at radius 3 is 2.42 bits per heavy atom. The van der Waals surface area contributed by atoms with Crippen LogP contribution in [0.2, 0.25) is 0 Å². The van der Waals surface area contributed by atoms with Crippen LogP contribution in [-0.4, -0.2) is 31.1 Å². The van der Waals surface area contributed by atoms with Crippen LogP contribution in [0.4, 0.5) is 0 Å². The summed E-state index contributed by atoms with van der Waals surface area (Å²) >= 11 is 0. The third kappa shape index (κ3) is 4.13. The molecule has 124 valence electrons. The molecule has 2 aromatic rings. The molecule has 0 aromatic heterocycles. The van der Waals surface area contributed by atoms with Crippen molar-refractivity contribution in [1.82, 2.24) is 5.32 Å². The Bertz CT molecular complexity index is 783. The Kier molecular flexibility index (Phi) is 5.57. The zero-order valence-electron chi connectivity index (χ0n) is 13.3. The van der Waals surface area contributed by atoms with Crippen molar-refractivity contribution in [1.29, 1.82) is 0 Å². The Hall–Kier alpha value is -3.28. The first kappa shape index (κ1) is 17.1. The van der Waals surface area contributed by atoms with Gasteiger partial charge in [0.05, 0.1) is 19.8 Å². The highest BCUT2D eigenvalue weighted by Crippen LogP contribution is 2.27. The molecule has 0 aliphatic heterocycles. The number of phenolic OH excluding ortho intramolecular Hbond substituents is 1. The topological polar surface area (TPSA) is 84.9 Å². The number of phenols is 1. The number of hydrogen-bond acceptors (Lipinski definition) is 5. The highest BCUT2D eigenvalue weighted by Gasteiger charge is 2.12. The Balaban J connectivity index is 2.05. The molecule has 2 N–H and O–H groups in total. The van der Waals surface area contributed by atoms with Gasteiger partial charge in [0.2, 0.25) is 0 Å². The standard InChI is InChI=1S/C18H17NO5/c1-23-15-9-7-12(11-16(15)24-2)8-10-17(21)19-18(22)13-5-3-4-6-14(13)20/h3-11,20H,1-2H3,(H,19,21,22)/b10-8+. The third-order valence-corrected chi connectivity index (χ3v) is 3.22. The summed E-state index contributed by atoms with van der Waals surface area (Å²) in [6, 6.07) is 11.1. The molecule has 0 unspecified atom stereocenters. The van der Waals surface area contributed by atoms with Crippen molar-refractivity contribution in [2.75, 3.05) is 14.2 Å². The highest BCUT2D eigenvalue weighted by atomic mass is 16.5. The van der Waals surface area contributed by atoms with Gasteiger partial charge in [0.15, 0.2) is 11.5 Å². The smallest absolute Gasteiger partial charge is 0.261 e. The average Bonchev–Trinajstić information content (AvgIpc) is 2.59. The maximum atomic E-state index is 11.9. The van der Waals surface area contributed by atoms with Crippen LogP contribution in [0, 0.1) is 0 Å². The van der Waals surface area contributed by atoms with Crippen molar-refractivity contribution >= 4 is 17.9 Å². The molecule has 0 heterocycles. The van der Waals surface area contributed by atoms with Crippen LogP contribution in [0.25, 0.3) is 6.08 Å². The zero-order valence-corrected chi connectivity index (χ0v) is 13.3. The maximum Gasteiger partial charge on any atom is 0.261 e. The van der Waals surface area contributed by atoms with Crippen LogP contribution < -0.4 is 14.8 Å². The SMILES string of the molecule is COc1ccc(/C=C/C(=O)NC(=O)c2ccccc2O)cc1OC. The van der Waals surface area contributed by atoms with Gasteiger partial charge in [0, 0.05) is 6.08 Å². The van der Waals surface area contributed by atoms with E-state index in [1.165, 1.54) is 38.5 Å². The van der Waals surface area contributed by atoms with E-state index in [0.717, 1.165) is 0 Å². The summed E-state index contributed by atoms with van der Waals surface area (Å²) in [5, 5.41) is 11.8. The molecule has 0 aliphatic carbocycles. The normalized spacial score (nSPS) is 10.4. The van der Waals surface area contributed by atoms with E-state index in [1.807, 2.05) is 0 Å². The number of hydrogen-bond donors (Lipinski definition) is 2. The molecule has 0 spiro atoms. The molecule has 0 aliphatic rings. The van der Waals surface area contributed by atoms with E-state index in [2.05, 4.69) is 5.32 Å². The lowest BCUT2D eigenvalue weighted by atomic mass is 10.1. The van der Waals surface area contributed by atoms with Gasteiger partial charge in [0.1, 0.15) is 5.75 Å². The number of methoxy groups -OCH3 is 2. The molecule has 6 heteroatoms. The largest absolute Gasteiger partial charge is 0.507 e. The molecule has 0 fully saturated rings. The van der Waals surface area contributed by atoms with E-state index in [4.69, 9.17) is 9.47 Å². The first-order chi connectivity index (χ1) is 11.5. The lowest BCUT2D eigenvalue weighted by molar-refractivity contribution is -0.115. The first-order valence-corrected chi connectivity index (χ1v) is 7.08. The highest BCUT2D eigenvalue weighted by molar-refractivity contribution is 6.10. The molecule has 2 rings (SSSR count). The Morgan fingerprint density at radius 2 is 1.75 bits per heavy atom. The summed E-state index contributed by atoms with van der Waals surface area (Å²) in [6.07, 6.45) is 2.76. The Morgan fingerprint density at radius 1 is 1.04 bits per heavy atom. The van der Waals surface area contributed by atoms with E-state index in [0.29, 0.717) is 17.1 Å². The molecule has 24 heavy (non-hydrogen) atoms. The fourth-order valence-electron chi connectivity index (χ4n) is 2.01. The summed E-state index contributed by atoms with van der Waals surface area (Å²) in [6.45, 7) is 0. The molecule has 2 aromatic carbocycles. The molecular formula is C18H17NO5. The third-order valence-electron chi connectivity index (χ3n) is 3.22. The number of aromatic hydroxyl groups is 1. The molecule has 0 saturated heterocycles. The van der Waals surface area contributed by atoms with Crippen LogP contribution in [0.1, 0.15) is 15.9 Å². The number of imide groups is 1. The number of benzene rings is 2. The summed E-state index contributed by atoms with van der Waals surface area (Å²) in [7, 11) is 3.05. The quantitative estimate of drug-likeness (QED) is 0.824. The van der Waals surface area contributed by atoms with Crippen LogP contribution >= 0.6 is 0 Å². The summed E-state index contributed by atoms with van der Waals surface area (Å²) in [5.74, 6) is -0.348. The molecule has 0 bridgehead atoms. The van der Waals surface area contributed by atoms with Gasteiger partial charge in [-0.3, -0.25) is 14.9 Å². The molecular weight excluding hydrogens is 310 g/mol. The molecule has 0 saturated carbocycles. The van der Waals surface area contributed by atoms with Gasteiger partial charge in [0.25, 0.3) is 11.8 Å². The number of ether oxygens (including phenoxy) is 2. The summed E-state index contributed by atoms with van der Waals surface area (Å²) in [5.41, 5.74) is 0.739. The molecule has 2 amide bonds. The van der Waals surface area contributed by atoms with Gasteiger partial charge in [-0.25, -0.2) is 0 Å². The fourth-order valence-corrected chi connectivity index (χ4v) is 2.01. The van der Waals surface area contributed by atoms with Crippen molar-refractivity contribution < 1.29 is 24.2 Å². The van der Waals surface area contributed by atoms with E-state index in [-0.39, 0.29) is 11.3 Å². The van der Waals surface area contributed by atoms with Crippen molar-refractivity contribution in [3.63, 3.8) is 0 Å². The van der Waals surface area contributed by atoms with Gasteiger partial charge in [-0.1, -0.05) is 18.2 Å². The van der Waals surface area contributed by atoms with E-state index in [1.54, 1.807) is 30.3 Å². The predicted octanol–water partition coefficient (Wildman–Crippen LogP) is 2.38. The van der Waals surface area contributed by atoms with E-state index >= 15 is 0 Å². The number of amides is 2. The number of para-hydroxylation sites is 1. The van der Waals surface area contributed by atoms with E-state index < -0.39 is 11.8 Å². The average molecular weight is 327 g/mol. The van der Waals surface area contributed by atoms with Crippen molar-refractivity contribution in [2.45, 2.75) is 0 Å². The predicted molar refractivity (Wildman–Crippen MR) is 89.2 cm³/mol. The molecule has 0 atom stereocenters. The first-order valence-electron chi connectivity index (χ1n) is 7.08. The minimum Gasteiger partial charge on any atom is -0.507 e. The van der Waals surface area contributed by atoms with Gasteiger partial charge in [-0.05, 0) is 35.9 Å². The minimum atomic E-state index is -0.671. The minimum absolute atomic E-state index is 0.0327. The molecule has 0 radical (unpaired) electrons. The lowest BCUT2D eigenvalue weighted by Crippen LogP contribution is -2.28. The van der Waals surface area contributed by atoms with Crippen LogP contribution in [0.3, 0.4) is 0 Å². The summed E-state index contributed by atoms with van der Waals surface area (Å²) in [4.78, 5) is 23.7. The second kappa shape index (κ2) is 7.82. The number of carbonyl (C=O) groups excluding carboxylic acids is 2. The fraction of sp³-hybridized carbons (Fsp3) is 0.111. The van der Waals surface area contributed by atoms with Crippen molar-refractivity contribution in [3.8, 4) is 17.2 Å². The van der Waals surface area contributed by atoms with Crippen LogP contribution in [0.15, 0.2) is 48.5 Å². The Labute approximate surface area is 139 Å². The van der Waals surface area contributed by atoms with E-state index in [9.17, 15) is 14.7 Å². The monoisotopic (exact) mass is 327 g/mol. The van der Waals surface area contributed by atoms with Gasteiger partial charge < -0.3 is 14.6 Å². The van der Waals surface area contributed by atoms with Gasteiger partial charge in [-0.2, -0.15) is 0 Å². The van der Waals surface area contributed by atoms with Crippen molar-refractivity contribution in [3.05, 3.63) is 59.7 Å². The lowest BCUT2D eigenvalue weighted by Gasteiger charge is -2.07. The van der Waals surface area contributed by atoms with Gasteiger partial charge >= 0.3 is 0 Å².